The van der Waals surface area contributed by atoms with Gasteiger partial charge >= 0.3 is 5.97 Å². The van der Waals surface area contributed by atoms with Gasteiger partial charge in [-0.3, -0.25) is 4.79 Å². The third-order valence-electron chi connectivity index (χ3n) is 4.39. The van der Waals surface area contributed by atoms with Gasteiger partial charge in [-0.2, -0.15) is 0 Å². The Labute approximate surface area is 165 Å². The van der Waals surface area contributed by atoms with Gasteiger partial charge in [-0.05, 0) is 12.5 Å². The van der Waals surface area contributed by atoms with Crippen molar-refractivity contribution < 1.29 is 23.7 Å². The zero-order valence-corrected chi connectivity index (χ0v) is 16.8. The molecule has 1 unspecified atom stereocenters. The summed E-state index contributed by atoms with van der Waals surface area (Å²) in [5.74, 6) is 0.320. The molecule has 0 spiro atoms. The number of anilines is 1. The number of methoxy groups -OCH3 is 2. The molecule has 0 heterocycles. The first-order valence-corrected chi connectivity index (χ1v) is 8.91. The van der Waals surface area contributed by atoms with Crippen molar-refractivity contribution in [1.29, 1.82) is 0 Å². The van der Waals surface area contributed by atoms with Crippen LogP contribution in [-0.2, 0) is 16.1 Å². The predicted octanol–water partition coefficient (Wildman–Crippen LogP) is 4.01. The number of esters is 1. The summed E-state index contributed by atoms with van der Waals surface area (Å²) in [5, 5.41) is 0. The predicted molar refractivity (Wildman–Crippen MR) is 109 cm³/mol. The number of rotatable bonds is 9. The van der Waals surface area contributed by atoms with Gasteiger partial charge in [0.1, 0.15) is 5.75 Å². The van der Waals surface area contributed by atoms with Crippen LogP contribution in [0.5, 0.6) is 17.2 Å². The minimum absolute atomic E-state index is 0.263. The van der Waals surface area contributed by atoms with Gasteiger partial charge in [0.2, 0.25) is 0 Å². The van der Waals surface area contributed by atoms with E-state index >= 15 is 0 Å². The van der Waals surface area contributed by atoms with E-state index in [9.17, 15) is 4.79 Å². The van der Waals surface area contributed by atoms with E-state index < -0.39 is 5.97 Å². The normalized spacial score (nSPS) is 11.6. The van der Waals surface area contributed by atoms with E-state index in [0.29, 0.717) is 41.5 Å². The monoisotopic (exact) mass is 385 g/mol. The molecule has 1 atom stereocenters. The summed E-state index contributed by atoms with van der Waals surface area (Å²) in [7, 11) is 3.03. The minimum Gasteiger partial charge on any atom is -0.494 e. The molecule has 0 saturated heterocycles. The Morgan fingerprint density at radius 3 is 2.32 bits per heavy atom. The van der Waals surface area contributed by atoms with E-state index in [-0.39, 0.29) is 11.7 Å². The Kier molecular flexibility index (Phi) is 7.46. The summed E-state index contributed by atoms with van der Waals surface area (Å²) in [6.07, 6.45) is 1.71. The average molecular weight is 385 g/mol. The molecule has 0 bridgehead atoms. The lowest BCUT2D eigenvalue weighted by Crippen LogP contribution is -2.15. The number of carbonyl (C=O) groups excluding carboxylic acids is 1. The van der Waals surface area contributed by atoms with Gasteiger partial charge in [0.25, 0.3) is 0 Å². The Morgan fingerprint density at radius 1 is 1.14 bits per heavy atom. The third-order valence-corrected chi connectivity index (χ3v) is 4.39. The maximum Gasteiger partial charge on any atom is 0.308 e. The van der Waals surface area contributed by atoms with E-state index in [2.05, 4.69) is 6.58 Å². The van der Waals surface area contributed by atoms with Gasteiger partial charge in [0, 0.05) is 24.0 Å². The molecule has 0 fully saturated rings. The summed E-state index contributed by atoms with van der Waals surface area (Å²) in [5.41, 5.74) is 9.00. The number of benzene rings is 2. The first-order valence-electron chi connectivity index (χ1n) is 8.91. The largest absolute Gasteiger partial charge is 0.494 e. The van der Waals surface area contributed by atoms with Crippen LogP contribution in [0.3, 0.4) is 0 Å². The Morgan fingerprint density at radius 2 is 1.79 bits per heavy atom. The van der Waals surface area contributed by atoms with Crippen LogP contribution in [-0.4, -0.2) is 26.8 Å². The quantitative estimate of drug-likeness (QED) is 0.304. The minimum atomic E-state index is -0.475. The Balaban J connectivity index is 2.43. The molecule has 2 rings (SSSR count). The number of carbonyl (C=O) groups is 1. The second-order valence-electron chi connectivity index (χ2n) is 6.28. The average Bonchev–Trinajstić information content (AvgIpc) is 2.67. The van der Waals surface area contributed by atoms with Crippen LogP contribution in [0.25, 0.3) is 0 Å². The second-order valence-corrected chi connectivity index (χ2v) is 6.28. The lowest BCUT2D eigenvalue weighted by molar-refractivity contribution is -0.132. The van der Waals surface area contributed by atoms with E-state index in [1.165, 1.54) is 21.1 Å². The van der Waals surface area contributed by atoms with E-state index in [1.54, 1.807) is 13.0 Å². The Hall–Kier alpha value is -2.99. The molecule has 0 aliphatic heterocycles. The molecule has 150 valence electrons. The first-order chi connectivity index (χ1) is 13.4. The number of hydrogen-bond acceptors (Lipinski definition) is 6. The molecule has 0 aliphatic carbocycles. The van der Waals surface area contributed by atoms with Crippen LogP contribution < -0.4 is 19.9 Å². The van der Waals surface area contributed by atoms with Gasteiger partial charge in [0.15, 0.2) is 11.5 Å². The molecule has 0 radical (unpaired) electrons. The topological polar surface area (TPSA) is 80.0 Å². The molecule has 28 heavy (non-hydrogen) atoms. The molecule has 2 aromatic rings. The highest BCUT2D eigenvalue weighted by Crippen LogP contribution is 2.48. The maximum atomic E-state index is 11.7. The van der Waals surface area contributed by atoms with Crippen molar-refractivity contribution >= 4 is 11.7 Å². The van der Waals surface area contributed by atoms with Crippen LogP contribution in [0.15, 0.2) is 43.0 Å². The second kappa shape index (κ2) is 9.80. The van der Waals surface area contributed by atoms with Crippen molar-refractivity contribution in [1.82, 2.24) is 0 Å². The van der Waals surface area contributed by atoms with E-state index in [0.717, 1.165) is 5.56 Å². The zero-order valence-electron chi connectivity index (χ0n) is 16.8. The molecule has 0 amide bonds. The summed E-state index contributed by atoms with van der Waals surface area (Å²) in [4.78, 5) is 11.7. The van der Waals surface area contributed by atoms with Crippen molar-refractivity contribution in [3.63, 3.8) is 0 Å². The van der Waals surface area contributed by atoms with Gasteiger partial charge in [-0.15, -0.1) is 6.58 Å². The van der Waals surface area contributed by atoms with Crippen molar-refractivity contribution in [3.8, 4) is 17.2 Å². The molecule has 6 heteroatoms. The molecule has 2 N–H and O–H groups in total. The van der Waals surface area contributed by atoms with Crippen LogP contribution in [0.4, 0.5) is 5.69 Å². The number of hydrogen-bond donors (Lipinski definition) is 1. The van der Waals surface area contributed by atoms with Crippen molar-refractivity contribution in [2.24, 2.45) is 0 Å². The van der Waals surface area contributed by atoms with E-state index in [4.69, 9.17) is 24.7 Å². The highest BCUT2D eigenvalue weighted by Gasteiger charge is 2.28. The SMILES string of the molecule is C=CC(COCc1ccccc1)c1c(N)c(OC)c(C)c(OC)c1OC(C)=O. The molecule has 2 aromatic carbocycles. The van der Waals surface area contributed by atoms with Gasteiger partial charge in [-0.1, -0.05) is 36.4 Å². The molecular formula is C22H27NO5. The van der Waals surface area contributed by atoms with E-state index in [1.807, 2.05) is 30.3 Å². The molecule has 0 aliphatic rings. The smallest absolute Gasteiger partial charge is 0.308 e. The fraction of sp³-hybridized carbons (Fsp3) is 0.318. The maximum absolute atomic E-state index is 11.7. The summed E-state index contributed by atoms with van der Waals surface area (Å²) in [6.45, 7) is 7.76. The van der Waals surface area contributed by atoms with Crippen LogP contribution in [0.2, 0.25) is 0 Å². The number of nitrogen functional groups attached to an aromatic ring is 1. The third kappa shape index (κ3) is 4.64. The van der Waals surface area contributed by atoms with Crippen LogP contribution in [0.1, 0.15) is 29.5 Å². The van der Waals surface area contributed by atoms with Crippen LogP contribution in [0, 0.1) is 6.92 Å². The number of nitrogens with two attached hydrogens (primary N) is 1. The summed E-state index contributed by atoms with van der Waals surface area (Å²) in [6, 6.07) is 9.83. The van der Waals surface area contributed by atoms with Crippen molar-refractivity contribution in [3.05, 3.63) is 59.7 Å². The zero-order chi connectivity index (χ0) is 20.7. The molecular weight excluding hydrogens is 358 g/mol. The lowest BCUT2D eigenvalue weighted by Gasteiger charge is -2.24. The van der Waals surface area contributed by atoms with Crippen molar-refractivity contribution in [2.75, 3.05) is 26.6 Å². The molecule has 0 saturated carbocycles. The Bertz CT molecular complexity index is 833. The highest BCUT2D eigenvalue weighted by molar-refractivity contribution is 5.78. The van der Waals surface area contributed by atoms with Gasteiger partial charge in [-0.25, -0.2) is 0 Å². The molecule has 0 aromatic heterocycles. The van der Waals surface area contributed by atoms with Gasteiger partial charge < -0.3 is 24.7 Å². The first kappa shape index (κ1) is 21.3. The lowest BCUT2D eigenvalue weighted by atomic mass is 9.94. The van der Waals surface area contributed by atoms with Crippen molar-refractivity contribution in [2.45, 2.75) is 26.4 Å². The van der Waals surface area contributed by atoms with Crippen LogP contribution >= 0.6 is 0 Å². The highest BCUT2D eigenvalue weighted by atomic mass is 16.6. The standard InChI is InChI=1S/C22H27NO5/c1-6-17(13-27-12-16-10-8-7-9-11-16)18-19(23)20(25-4)14(2)21(26-5)22(18)28-15(3)24/h6-11,17H,1,12-13,23H2,2-5H3. The molecule has 6 nitrogen and oxygen atoms in total. The fourth-order valence-corrected chi connectivity index (χ4v) is 3.11. The van der Waals surface area contributed by atoms with Gasteiger partial charge in [0.05, 0.1) is 33.1 Å². The summed E-state index contributed by atoms with van der Waals surface area (Å²) < 4.78 is 22.3. The number of ether oxygens (including phenoxy) is 4. The fourth-order valence-electron chi connectivity index (χ4n) is 3.11. The summed E-state index contributed by atoms with van der Waals surface area (Å²) >= 11 is 0.